The van der Waals surface area contributed by atoms with E-state index in [0.717, 1.165) is 17.3 Å². The lowest BCUT2D eigenvalue weighted by Crippen LogP contribution is -2.50. The highest BCUT2D eigenvalue weighted by Gasteiger charge is 2.34. The predicted octanol–water partition coefficient (Wildman–Crippen LogP) is 6.00. The van der Waals surface area contributed by atoms with Gasteiger partial charge in [0.15, 0.2) is 5.17 Å². The number of esters is 1. The smallest absolute Gasteiger partial charge is 0.408 e. The second-order valence-corrected chi connectivity index (χ2v) is 9.73. The number of halogens is 3. The molecule has 0 aliphatic carbocycles. The van der Waals surface area contributed by atoms with Gasteiger partial charge in [0, 0.05) is 5.69 Å². The molecule has 2 aromatic rings. The van der Waals surface area contributed by atoms with Gasteiger partial charge in [-0.1, -0.05) is 41.6 Å². The second-order valence-electron chi connectivity index (χ2n) is 8.82. The molecule has 0 aromatic heterocycles. The van der Waals surface area contributed by atoms with Crippen LogP contribution in [0.25, 0.3) is 0 Å². The molecule has 0 atom stereocenters. The highest BCUT2D eigenvalue weighted by molar-refractivity contribution is 8.14. The summed E-state index contributed by atoms with van der Waals surface area (Å²) < 4.78 is 43.8. The van der Waals surface area contributed by atoms with Gasteiger partial charge in [0.1, 0.15) is 12.1 Å². The van der Waals surface area contributed by atoms with Crippen LogP contribution in [0.4, 0.5) is 23.7 Å². The lowest BCUT2D eigenvalue weighted by atomic mass is 10.1. The summed E-state index contributed by atoms with van der Waals surface area (Å²) in [4.78, 5) is 31.9. The van der Waals surface area contributed by atoms with Crippen LogP contribution in [0.15, 0.2) is 53.5 Å². The molecule has 1 aliphatic rings. The summed E-state index contributed by atoms with van der Waals surface area (Å²) in [7, 11) is 0. The van der Waals surface area contributed by atoms with E-state index in [4.69, 9.17) is 4.74 Å². The first-order valence-corrected chi connectivity index (χ1v) is 11.5. The van der Waals surface area contributed by atoms with Crippen LogP contribution in [0.2, 0.25) is 0 Å². The summed E-state index contributed by atoms with van der Waals surface area (Å²) in [6, 6.07) is 13.2. The standard InChI is InChI=1S/C24H26F3N3O3S/c1-16-5-11-19(12-6-16)30-15-34-21(28-14-24(25,26)27)29(22(30)32)13-17-7-9-18(10-8-17)20(31)33-23(2,3)4/h5-12H,13-15H2,1-4H3/b28-21+. The molecular formula is C24H26F3N3O3S. The van der Waals surface area contributed by atoms with Crippen LogP contribution in [-0.4, -0.2) is 46.3 Å². The third-order valence-corrected chi connectivity index (χ3v) is 5.68. The van der Waals surface area contributed by atoms with Crippen LogP contribution >= 0.6 is 11.8 Å². The zero-order valence-corrected chi connectivity index (χ0v) is 20.2. The van der Waals surface area contributed by atoms with Gasteiger partial charge < -0.3 is 4.74 Å². The molecule has 3 rings (SSSR count). The Morgan fingerprint density at radius 3 is 2.24 bits per heavy atom. The molecule has 34 heavy (non-hydrogen) atoms. The molecular weight excluding hydrogens is 467 g/mol. The number of urea groups is 1. The molecule has 1 saturated heterocycles. The number of rotatable bonds is 5. The molecule has 0 spiro atoms. The van der Waals surface area contributed by atoms with E-state index in [1.807, 2.05) is 19.1 Å². The molecule has 0 bridgehead atoms. The Morgan fingerprint density at radius 1 is 1.06 bits per heavy atom. The molecule has 0 N–H and O–H groups in total. The number of thioether (sulfide) groups is 1. The number of anilines is 1. The van der Waals surface area contributed by atoms with Gasteiger partial charge in [-0.25, -0.2) is 9.59 Å². The molecule has 6 nitrogen and oxygen atoms in total. The fourth-order valence-electron chi connectivity index (χ4n) is 3.08. The van der Waals surface area contributed by atoms with Gasteiger partial charge in [0.2, 0.25) is 0 Å². The third-order valence-electron chi connectivity index (χ3n) is 4.68. The van der Waals surface area contributed by atoms with Crippen molar-refractivity contribution in [2.45, 2.75) is 46.0 Å². The maximum absolute atomic E-state index is 13.3. The summed E-state index contributed by atoms with van der Waals surface area (Å²) in [6.07, 6.45) is -4.48. The van der Waals surface area contributed by atoms with Gasteiger partial charge in [-0.3, -0.25) is 14.8 Å². The molecule has 1 heterocycles. The second kappa shape index (κ2) is 10.1. The van der Waals surface area contributed by atoms with Gasteiger partial charge in [0.05, 0.1) is 18.0 Å². The maximum atomic E-state index is 13.3. The van der Waals surface area contributed by atoms with Gasteiger partial charge in [-0.05, 0) is 57.5 Å². The summed E-state index contributed by atoms with van der Waals surface area (Å²) in [5.74, 6) is -0.339. The molecule has 2 aromatic carbocycles. The summed E-state index contributed by atoms with van der Waals surface area (Å²) in [5.41, 5.74) is 1.99. The Balaban J connectivity index is 1.84. The highest BCUT2D eigenvalue weighted by atomic mass is 32.2. The minimum absolute atomic E-state index is 0.000512. The Hall–Kier alpha value is -3.01. The minimum atomic E-state index is -4.48. The van der Waals surface area contributed by atoms with E-state index in [1.54, 1.807) is 57.2 Å². The molecule has 0 unspecified atom stereocenters. The van der Waals surface area contributed by atoms with Crippen molar-refractivity contribution < 1.29 is 27.5 Å². The van der Waals surface area contributed by atoms with Crippen LogP contribution < -0.4 is 4.90 Å². The van der Waals surface area contributed by atoms with Crippen molar-refractivity contribution in [3.05, 3.63) is 65.2 Å². The van der Waals surface area contributed by atoms with Crippen LogP contribution in [0, 0.1) is 6.92 Å². The number of hydrogen-bond acceptors (Lipinski definition) is 5. The minimum Gasteiger partial charge on any atom is -0.456 e. The van der Waals surface area contributed by atoms with E-state index in [1.165, 1.54) is 9.80 Å². The van der Waals surface area contributed by atoms with Crippen LogP contribution in [-0.2, 0) is 11.3 Å². The monoisotopic (exact) mass is 493 g/mol. The molecule has 1 aliphatic heterocycles. The summed E-state index contributed by atoms with van der Waals surface area (Å²) >= 11 is 1.06. The van der Waals surface area contributed by atoms with E-state index >= 15 is 0 Å². The molecule has 0 radical (unpaired) electrons. The number of ether oxygens (including phenoxy) is 1. The molecule has 1 fully saturated rings. The molecule has 2 amide bonds. The normalized spacial score (nSPS) is 16.2. The number of aryl methyl sites for hydroxylation is 1. The summed E-state index contributed by atoms with van der Waals surface area (Å²) in [5, 5.41) is 0.00176. The number of amides is 2. The lowest BCUT2D eigenvalue weighted by molar-refractivity contribution is -0.118. The van der Waals surface area contributed by atoms with Crippen molar-refractivity contribution in [1.82, 2.24) is 4.90 Å². The zero-order chi connectivity index (χ0) is 25.1. The number of carbonyl (C=O) groups is 2. The maximum Gasteiger partial charge on any atom is 0.408 e. The molecule has 0 saturated carbocycles. The van der Waals surface area contributed by atoms with Crippen LogP contribution in [0.1, 0.15) is 42.3 Å². The van der Waals surface area contributed by atoms with Gasteiger partial charge in [-0.15, -0.1) is 0 Å². The lowest BCUT2D eigenvalue weighted by Gasteiger charge is -2.36. The van der Waals surface area contributed by atoms with Crippen LogP contribution in [0.3, 0.4) is 0 Å². The van der Waals surface area contributed by atoms with Crippen molar-refractivity contribution in [2.75, 3.05) is 17.3 Å². The zero-order valence-electron chi connectivity index (χ0n) is 19.3. The Kier molecular flexibility index (Phi) is 7.60. The quantitative estimate of drug-likeness (QED) is 0.479. The first-order valence-electron chi connectivity index (χ1n) is 10.5. The topological polar surface area (TPSA) is 62.2 Å². The molecule has 182 valence electrons. The van der Waals surface area contributed by atoms with Gasteiger partial charge in [0.25, 0.3) is 0 Å². The summed E-state index contributed by atoms with van der Waals surface area (Å²) in [6.45, 7) is 5.84. The largest absolute Gasteiger partial charge is 0.456 e. The number of alkyl halides is 3. The fraction of sp³-hybridized carbons (Fsp3) is 0.375. The van der Waals surface area contributed by atoms with Crippen molar-refractivity contribution >= 4 is 34.6 Å². The van der Waals surface area contributed by atoms with E-state index in [0.29, 0.717) is 16.8 Å². The van der Waals surface area contributed by atoms with Crippen molar-refractivity contribution in [2.24, 2.45) is 4.99 Å². The first kappa shape index (κ1) is 25.6. The molecule has 10 heteroatoms. The van der Waals surface area contributed by atoms with Gasteiger partial charge >= 0.3 is 18.2 Å². The van der Waals surface area contributed by atoms with Gasteiger partial charge in [-0.2, -0.15) is 13.2 Å². The SMILES string of the molecule is Cc1ccc(N2CS/C(=N/CC(F)(F)F)N(Cc3ccc(C(=O)OC(C)(C)C)cc3)C2=O)cc1. The van der Waals surface area contributed by atoms with Crippen molar-refractivity contribution in [3.63, 3.8) is 0 Å². The first-order chi connectivity index (χ1) is 15.8. The number of carbonyl (C=O) groups excluding carboxylic acids is 2. The predicted molar refractivity (Wildman–Crippen MR) is 127 cm³/mol. The van der Waals surface area contributed by atoms with Crippen molar-refractivity contribution in [1.29, 1.82) is 0 Å². The number of hydrogen-bond donors (Lipinski definition) is 0. The van der Waals surface area contributed by atoms with E-state index in [9.17, 15) is 22.8 Å². The number of nitrogens with zero attached hydrogens (tertiary/aromatic N) is 3. The number of benzene rings is 2. The average Bonchev–Trinajstić information content (AvgIpc) is 2.73. The van der Waals surface area contributed by atoms with Crippen LogP contribution in [0.5, 0.6) is 0 Å². The average molecular weight is 494 g/mol. The van der Waals surface area contributed by atoms with E-state index in [2.05, 4.69) is 4.99 Å². The Morgan fingerprint density at radius 2 is 1.68 bits per heavy atom. The van der Waals surface area contributed by atoms with Crippen molar-refractivity contribution in [3.8, 4) is 0 Å². The highest BCUT2D eigenvalue weighted by Crippen LogP contribution is 2.29. The van der Waals surface area contributed by atoms with E-state index < -0.39 is 30.3 Å². The fourth-order valence-corrected chi connectivity index (χ4v) is 4.04. The Labute approximate surface area is 200 Å². The number of aliphatic imine (C=N–C) groups is 1. The Bertz CT molecular complexity index is 1060. The number of amidine groups is 1. The van der Waals surface area contributed by atoms with E-state index in [-0.39, 0.29) is 17.6 Å². The third kappa shape index (κ3) is 6.99.